The van der Waals surface area contributed by atoms with Gasteiger partial charge in [-0.05, 0) is 50.2 Å². The minimum absolute atomic E-state index is 0.0597. The topological polar surface area (TPSA) is 50.8 Å². The van der Waals surface area contributed by atoms with Gasteiger partial charge in [0.1, 0.15) is 5.82 Å². The predicted octanol–water partition coefficient (Wildman–Crippen LogP) is 3.93. The Balaban J connectivity index is 1.62. The van der Waals surface area contributed by atoms with Gasteiger partial charge in [0, 0.05) is 25.1 Å². The van der Waals surface area contributed by atoms with Crippen LogP contribution in [0.15, 0.2) is 48.5 Å². The lowest BCUT2D eigenvalue weighted by Gasteiger charge is -2.17. The maximum atomic E-state index is 13.5. The Bertz CT molecular complexity index is 839. The van der Waals surface area contributed by atoms with Gasteiger partial charge in [-0.15, -0.1) is 0 Å². The van der Waals surface area contributed by atoms with E-state index in [0.29, 0.717) is 12.1 Å². The van der Waals surface area contributed by atoms with Crippen LogP contribution in [0, 0.1) is 5.82 Å². The highest BCUT2D eigenvalue weighted by Crippen LogP contribution is 2.27. The molecule has 0 aliphatic heterocycles. The van der Waals surface area contributed by atoms with E-state index in [-0.39, 0.29) is 18.1 Å². The summed E-state index contributed by atoms with van der Waals surface area (Å²) in [6.45, 7) is 2.42. The molecule has 0 bridgehead atoms. The standard InChI is InChI=1S/C24H31FN2O3/c1-27(17-14-19-12-13-22(29-2)23(18-19)30-3)16-7-15-26-24(28)11-6-9-20-8-4-5-10-21(20)25/h4-6,8-10,12-13,18H,7,11,14-17H2,1-3H3,(H,26,28)/b9-6+. The van der Waals surface area contributed by atoms with E-state index in [2.05, 4.69) is 17.3 Å². The van der Waals surface area contributed by atoms with E-state index in [1.807, 2.05) is 18.2 Å². The van der Waals surface area contributed by atoms with Gasteiger partial charge in [-0.25, -0.2) is 4.39 Å². The molecule has 1 N–H and O–H groups in total. The fourth-order valence-electron chi connectivity index (χ4n) is 3.02. The third-order valence-corrected chi connectivity index (χ3v) is 4.77. The number of halogens is 1. The average molecular weight is 415 g/mol. The lowest BCUT2D eigenvalue weighted by atomic mass is 10.1. The summed E-state index contributed by atoms with van der Waals surface area (Å²) in [7, 11) is 5.33. The lowest BCUT2D eigenvalue weighted by Crippen LogP contribution is -2.28. The minimum Gasteiger partial charge on any atom is -0.493 e. The molecule has 0 unspecified atom stereocenters. The van der Waals surface area contributed by atoms with Crippen molar-refractivity contribution < 1.29 is 18.7 Å². The summed E-state index contributed by atoms with van der Waals surface area (Å²) in [6, 6.07) is 12.5. The second-order valence-electron chi connectivity index (χ2n) is 7.07. The van der Waals surface area contributed by atoms with Crippen molar-refractivity contribution in [2.75, 3.05) is 40.9 Å². The molecule has 0 aliphatic carbocycles. The van der Waals surface area contributed by atoms with E-state index in [9.17, 15) is 9.18 Å². The van der Waals surface area contributed by atoms with E-state index in [1.165, 1.54) is 11.6 Å². The summed E-state index contributed by atoms with van der Waals surface area (Å²) in [4.78, 5) is 14.1. The van der Waals surface area contributed by atoms with Crippen LogP contribution in [0.3, 0.4) is 0 Å². The molecule has 2 aromatic rings. The second-order valence-corrected chi connectivity index (χ2v) is 7.07. The van der Waals surface area contributed by atoms with Crippen molar-refractivity contribution in [2.24, 2.45) is 0 Å². The summed E-state index contributed by atoms with van der Waals surface area (Å²) in [5.41, 5.74) is 1.68. The number of likely N-dealkylation sites (N-methyl/N-ethyl adjacent to an activating group) is 1. The summed E-state index contributed by atoms with van der Waals surface area (Å²) >= 11 is 0. The molecule has 0 aromatic heterocycles. The quantitative estimate of drug-likeness (QED) is 0.535. The molecule has 30 heavy (non-hydrogen) atoms. The van der Waals surface area contributed by atoms with E-state index in [4.69, 9.17) is 9.47 Å². The van der Waals surface area contributed by atoms with Crippen molar-refractivity contribution in [2.45, 2.75) is 19.3 Å². The van der Waals surface area contributed by atoms with Crippen LogP contribution in [0.2, 0.25) is 0 Å². The number of nitrogens with zero attached hydrogens (tertiary/aromatic N) is 1. The Morgan fingerprint density at radius 1 is 1.10 bits per heavy atom. The number of methoxy groups -OCH3 is 2. The van der Waals surface area contributed by atoms with E-state index >= 15 is 0 Å². The molecule has 5 nitrogen and oxygen atoms in total. The van der Waals surface area contributed by atoms with Crippen LogP contribution < -0.4 is 14.8 Å². The van der Waals surface area contributed by atoms with Crippen molar-refractivity contribution in [3.63, 3.8) is 0 Å². The van der Waals surface area contributed by atoms with Crippen molar-refractivity contribution in [3.8, 4) is 11.5 Å². The van der Waals surface area contributed by atoms with Crippen LogP contribution in [0.25, 0.3) is 6.08 Å². The first-order valence-corrected chi connectivity index (χ1v) is 10.1. The number of carbonyl (C=O) groups is 1. The first-order chi connectivity index (χ1) is 14.5. The molecule has 6 heteroatoms. The first-order valence-electron chi connectivity index (χ1n) is 10.1. The molecule has 162 valence electrons. The monoisotopic (exact) mass is 414 g/mol. The fraction of sp³-hybridized carbons (Fsp3) is 0.375. The number of rotatable bonds is 12. The molecular formula is C24H31FN2O3. The van der Waals surface area contributed by atoms with Gasteiger partial charge in [0.15, 0.2) is 11.5 Å². The van der Waals surface area contributed by atoms with Crippen LogP contribution in [0.1, 0.15) is 24.0 Å². The maximum absolute atomic E-state index is 13.5. The number of hydrogen-bond acceptors (Lipinski definition) is 4. The Morgan fingerprint density at radius 2 is 1.87 bits per heavy atom. The Morgan fingerprint density at radius 3 is 2.60 bits per heavy atom. The molecule has 0 heterocycles. The lowest BCUT2D eigenvalue weighted by molar-refractivity contribution is -0.120. The molecule has 0 saturated carbocycles. The summed E-state index contributed by atoms with van der Waals surface area (Å²) in [5.74, 6) is 1.12. The molecule has 0 atom stereocenters. The zero-order chi connectivity index (χ0) is 21.8. The zero-order valence-electron chi connectivity index (χ0n) is 18.0. The van der Waals surface area contributed by atoms with Crippen molar-refractivity contribution >= 4 is 12.0 Å². The molecule has 0 radical (unpaired) electrons. The van der Waals surface area contributed by atoms with Crippen LogP contribution in [0.5, 0.6) is 11.5 Å². The van der Waals surface area contributed by atoms with Gasteiger partial charge >= 0.3 is 0 Å². The van der Waals surface area contributed by atoms with Crippen molar-refractivity contribution in [3.05, 3.63) is 65.5 Å². The molecule has 0 spiro atoms. The smallest absolute Gasteiger partial charge is 0.223 e. The Hall–Kier alpha value is -2.86. The predicted molar refractivity (Wildman–Crippen MR) is 118 cm³/mol. The van der Waals surface area contributed by atoms with E-state index in [1.54, 1.807) is 44.6 Å². The third kappa shape index (κ3) is 7.87. The van der Waals surface area contributed by atoms with Gasteiger partial charge in [0.2, 0.25) is 5.91 Å². The molecule has 0 fully saturated rings. The normalized spacial score (nSPS) is 11.1. The SMILES string of the molecule is COc1ccc(CCN(C)CCCNC(=O)C/C=C/c2ccccc2F)cc1OC. The highest BCUT2D eigenvalue weighted by Gasteiger charge is 2.06. The van der Waals surface area contributed by atoms with E-state index < -0.39 is 0 Å². The molecule has 2 aromatic carbocycles. The zero-order valence-corrected chi connectivity index (χ0v) is 18.0. The van der Waals surface area contributed by atoms with Crippen molar-refractivity contribution in [1.29, 1.82) is 0 Å². The number of ether oxygens (including phenoxy) is 2. The molecule has 1 amide bonds. The number of benzene rings is 2. The first kappa shape index (κ1) is 23.4. The van der Waals surface area contributed by atoms with Crippen LogP contribution in [0.4, 0.5) is 4.39 Å². The number of hydrogen-bond donors (Lipinski definition) is 1. The Labute approximate surface area is 178 Å². The van der Waals surface area contributed by atoms with Crippen LogP contribution >= 0.6 is 0 Å². The molecular weight excluding hydrogens is 383 g/mol. The van der Waals surface area contributed by atoms with Gasteiger partial charge in [0.25, 0.3) is 0 Å². The fourth-order valence-corrected chi connectivity index (χ4v) is 3.02. The highest BCUT2D eigenvalue weighted by molar-refractivity contribution is 5.78. The number of nitrogens with one attached hydrogen (secondary N) is 1. The van der Waals surface area contributed by atoms with Crippen molar-refractivity contribution in [1.82, 2.24) is 10.2 Å². The minimum atomic E-state index is -0.287. The summed E-state index contributed by atoms with van der Waals surface area (Å²) in [6.07, 6.45) is 5.33. The average Bonchev–Trinajstić information content (AvgIpc) is 2.76. The number of carbonyl (C=O) groups excluding carboxylic acids is 1. The number of amides is 1. The Kier molecular flexibility index (Phi) is 9.87. The summed E-state index contributed by atoms with van der Waals surface area (Å²) in [5, 5.41) is 2.90. The molecule has 0 aliphatic rings. The highest BCUT2D eigenvalue weighted by atomic mass is 19.1. The summed E-state index contributed by atoms with van der Waals surface area (Å²) < 4.78 is 24.1. The molecule has 0 saturated heterocycles. The third-order valence-electron chi connectivity index (χ3n) is 4.77. The van der Waals surface area contributed by atoms with Crippen LogP contribution in [-0.4, -0.2) is 51.7 Å². The maximum Gasteiger partial charge on any atom is 0.223 e. The largest absolute Gasteiger partial charge is 0.493 e. The van der Waals surface area contributed by atoms with Gasteiger partial charge in [0.05, 0.1) is 14.2 Å². The molecule has 2 rings (SSSR count). The van der Waals surface area contributed by atoms with Crippen LogP contribution in [-0.2, 0) is 11.2 Å². The van der Waals surface area contributed by atoms with Gasteiger partial charge < -0.3 is 19.7 Å². The van der Waals surface area contributed by atoms with Gasteiger partial charge in [-0.3, -0.25) is 4.79 Å². The van der Waals surface area contributed by atoms with Gasteiger partial charge in [-0.2, -0.15) is 0 Å². The van der Waals surface area contributed by atoms with E-state index in [0.717, 1.165) is 37.4 Å². The van der Waals surface area contributed by atoms with Gasteiger partial charge in [-0.1, -0.05) is 36.4 Å². The second kappa shape index (κ2) is 12.6.